The van der Waals surface area contributed by atoms with Crippen LogP contribution in [0.2, 0.25) is 0 Å². The summed E-state index contributed by atoms with van der Waals surface area (Å²) in [5.74, 6) is 0. The lowest BCUT2D eigenvalue weighted by Gasteiger charge is -2.25. The van der Waals surface area contributed by atoms with Gasteiger partial charge in [-0.05, 0) is 49.2 Å². The molecule has 0 aliphatic rings. The summed E-state index contributed by atoms with van der Waals surface area (Å²) in [6, 6.07) is 13.4. The van der Waals surface area contributed by atoms with Gasteiger partial charge in [-0.15, -0.1) is 0 Å². The third-order valence-corrected chi connectivity index (χ3v) is 4.69. The number of hydrogen-bond donors (Lipinski definition) is 0. The highest BCUT2D eigenvalue weighted by Crippen LogP contribution is 2.32. The Hall–Kier alpha value is -1.83. The lowest BCUT2D eigenvalue weighted by atomic mass is 9.85. The molecule has 0 atom stereocenters. The van der Waals surface area contributed by atoms with Crippen molar-refractivity contribution in [2.45, 2.75) is 66.2 Å². The predicted molar refractivity (Wildman–Crippen MR) is 111 cm³/mol. The Morgan fingerprint density at radius 1 is 0.720 bits per heavy atom. The van der Waals surface area contributed by atoms with Crippen molar-refractivity contribution in [1.82, 2.24) is 4.98 Å². The van der Waals surface area contributed by atoms with Crippen LogP contribution in [0.5, 0.6) is 0 Å². The van der Waals surface area contributed by atoms with Crippen molar-refractivity contribution in [3.05, 3.63) is 47.8 Å². The van der Waals surface area contributed by atoms with Crippen LogP contribution in [0.25, 0.3) is 11.1 Å². The molecule has 2 rings (SSSR count). The van der Waals surface area contributed by atoms with E-state index in [2.05, 4.69) is 96.7 Å². The second-order valence-electron chi connectivity index (χ2n) is 8.85. The van der Waals surface area contributed by atoms with Crippen LogP contribution in [0.15, 0.2) is 36.4 Å². The molecule has 0 aliphatic heterocycles. The fraction of sp³-hybridized carbons (Fsp3) is 0.522. The Balaban J connectivity index is 2.51. The quantitative estimate of drug-likeness (QED) is 0.660. The molecule has 2 nitrogen and oxygen atoms in total. The third-order valence-electron chi connectivity index (χ3n) is 4.69. The monoisotopic (exact) mass is 338 g/mol. The van der Waals surface area contributed by atoms with Crippen LogP contribution >= 0.6 is 0 Å². The zero-order valence-corrected chi connectivity index (χ0v) is 17.3. The minimum Gasteiger partial charge on any atom is -0.372 e. The first kappa shape index (κ1) is 19.5. The molecule has 1 aromatic carbocycles. The average Bonchev–Trinajstić information content (AvgIpc) is 2.54. The summed E-state index contributed by atoms with van der Waals surface area (Å²) in [5.41, 5.74) is 6.19. The first-order valence-corrected chi connectivity index (χ1v) is 9.44. The van der Waals surface area contributed by atoms with Gasteiger partial charge in [0.15, 0.2) is 0 Å². The maximum atomic E-state index is 4.97. The maximum Gasteiger partial charge on any atom is 0.0466 e. The van der Waals surface area contributed by atoms with E-state index in [0.717, 1.165) is 24.5 Å². The Labute approximate surface area is 154 Å². The van der Waals surface area contributed by atoms with E-state index >= 15 is 0 Å². The van der Waals surface area contributed by atoms with Crippen molar-refractivity contribution < 1.29 is 0 Å². The van der Waals surface area contributed by atoms with E-state index in [-0.39, 0.29) is 10.8 Å². The largest absolute Gasteiger partial charge is 0.372 e. The van der Waals surface area contributed by atoms with Crippen LogP contribution in [0.4, 0.5) is 5.69 Å². The lowest BCUT2D eigenvalue weighted by Crippen LogP contribution is -2.21. The van der Waals surface area contributed by atoms with Gasteiger partial charge < -0.3 is 4.90 Å². The second kappa shape index (κ2) is 7.19. The molecule has 0 saturated carbocycles. The fourth-order valence-corrected chi connectivity index (χ4v) is 2.92. The van der Waals surface area contributed by atoms with Crippen LogP contribution in [0.3, 0.4) is 0 Å². The summed E-state index contributed by atoms with van der Waals surface area (Å²) in [6.07, 6.45) is 0. The van der Waals surface area contributed by atoms with Crippen molar-refractivity contribution >= 4 is 5.69 Å². The van der Waals surface area contributed by atoms with Crippen LogP contribution in [-0.4, -0.2) is 18.1 Å². The van der Waals surface area contributed by atoms with E-state index in [4.69, 9.17) is 4.98 Å². The molecule has 136 valence electrons. The van der Waals surface area contributed by atoms with Gasteiger partial charge in [0.2, 0.25) is 0 Å². The molecule has 2 aromatic rings. The molecule has 0 fully saturated rings. The summed E-state index contributed by atoms with van der Waals surface area (Å²) in [7, 11) is 0. The van der Waals surface area contributed by atoms with Crippen LogP contribution < -0.4 is 4.90 Å². The van der Waals surface area contributed by atoms with E-state index in [1.54, 1.807) is 0 Å². The predicted octanol–water partition coefficient (Wildman–Crippen LogP) is 6.19. The Morgan fingerprint density at radius 2 is 1.16 bits per heavy atom. The zero-order chi connectivity index (χ0) is 18.8. The van der Waals surface area contributed by atoms with Crippen LogP contribution in [0.1, 0.15) is 66.8 Å². The summed E-state index contributed by atoms with van der Waals surface area (Å²) in [6.45, 7) is 19.9. The van der Waals surface area contributed by atoms with Gasteiger partial charge in [0.25, 0.3) is 0 Å². The maximum absolute atomic E-state index is 4.97. The van der Waals surface area contributed by atoms with Crippen molar-refractivity contribution in [2.75, 3.05) is 18.0 Å². The number of rotatable bonds is 4. The third kappa shape index (κ3) is 4.62. The molecule has 0 radical (unpaired) electrons. The minimum absolute atomic E-state index is 0.0389. The smallest absolute Gasteiger partial charge is 0.0466 e. The van der Waals surface area contributed by atoms with E-state index in [9.17, 15) is 0 Å². The average molecular weight is 339 g/mol. The standard InChI is InChI=1S/C23H34N2/c1-9-25(10-2)19-13-11-17(12-14-19)18-15-20(22(3,4)5)24-21(16-18)23(6,7)8/h11-16H,9-10H2,1-8H3. The van der Waals surface area contributed by atoms with Gasteiger partial charge in [-0.1, -0.05) is 53.7 Å². The molecule has 0 spiro atoms. The normalized spacial score (nSPS) is 12.3. The number of pyridine rings is 1. The molecule has 0 aliphatic carbocycles. The van der Waals surface area contributed by atoms with Gasteiger partial charge in [-0.2, -0.15) is 0 Å². The Morgan fingerprint density at radius 3 is 1.52 bits per heavy atom. The molecule has 1 aromatic heterocycles. The first-order valence-electron chi connectivity index (χ1n) is 9.44. The minimum atomic E-state index is 0.0389. The van der Waals surface area contributed by atoms with E-state index in [1.807, 2.05) is 0 Å². The molecule has 0 amide bonds. The number of benzene rings is 1. The Kier molecular flexibility index (Phi) is 5.61. The number of aromatic nitrogens is 1. The molecule has 0 bridgehead atoms. The summed E-state index contributed by atoms with van der Waals surface area (Å²) in [5, 5.41) is 0. The van der Waals surface area contributed by atoms with Gasteiger partial charge in [0.1, 0.15) is 0 Å². The van der Waals surface area contributed by atoms with Crippen molar-refractivity contribution in [2.24, 2.45) is 0 Å². The van der Waals surface area contributed by atoms with Gasteiger partial charge in [0.05, 0.1) is 0 Å². The van der Waals surface area contributed by atoms with Gasteiger partial charge >= 0.3 is 0 Å². The molecule has 0 N–H and O–H groups in total. The number of anilines is 1. The molecule has 0 saturated heterocycles. The Bertz CT molecular complexity index is 664. The van der Waals surface area contributed by atoms with Crippen molar-refractivity contribution in [3.63, 3.8) is 0 Å². The summed E-state index contributed by atoms with van der Waals surface area (Å²) >= 11 is 0. The van der Waals surface area contributed by atoms with Gasteiger partial charge in [-0.3, -0.25) is 4.98 Å². The highest BCUT2D eigenvalue weighted by Gasteiger charge is 2.22. The topological polar surface area (TPSA) is 16.1 Å². The number of hydrogen-bond acceptors (Lipinski definition) is 2. The molecule has 1 heterocycles. The van der Waals surface area contributed by atoms with Gasteiger partial charge in [0, 0.05) is 41.0 Å². The summed E-state index contributed by atoms with van der Waals surface area (Å²) in [4.78, 5) is 7.34. The van der Waals surface area contributed by atoms with Crippen LogP contribution in [0, 0.1) is 0 Å². The molecular formula is C23H34N2. The zero-order valence-electron chi connectivity index (χ0n) is 17.3. The summed E-state index contributed by atoms with van der Waals surface area (Å²) < 4.78 is 0. The fourth-order valence-electron chi connectivity index (χ4n) is 2.92. The molecule has 0 unspecified atom stereocenters. The lowest BCUT2D eigenvalue weighted by molar-refractivity contribution is 0.531. The first-order chi connectivity index (χ1) is 11.6. The van der Waals surface area contributed by atoms with Gasteiger partial charge in [-0.25, -0.2) is 0 Å². The SMILES string of the molecule is CCN(CC)c1ccc(-c2cc(C(C)(C)C)nc(C(C)(C)C)c2)cc1. The van der Waals surface area contributed by atoms with Crippen molar-refractivity contribution in [1.29, 1.82) is 0 Å². The van der Waals surface area contributed by atoms with E-state index in [1.165, 1.54) is 16.8 Å². The van der Waals surface area contributed by atoms with E-state index < -0.39 is 0 Å². The second-order valence-corrected chi connectivity index (χ2v) is 8.85. The van der Waals surface area contributed by atoms with Crippen molar-refractivity contribution in [3.8, 4) is 11.1 Å². The number of nitrogens with zero attached hydrogens (tertiary/aromatic N) is 2. The highest BCUT2D eigenvalue weighted by molar-refractivity contribution is 5.67. The molecule has 25 heavy (non-hydrogen) atoms. The molecular weight excluding hydrogens is 304 g/mol. The van der Waals surface area contributed by atoms with Crippen LogP contribution in [-0.2, 0) is 10.8 Å². The highest BCUT2D eigenvalue weighted by atomic mass is 15.1. The van der Waals surface area contributed by atoms with E-state index in [0.29, 0.717) is 0 Å². The molecule has 2 heteroatoms.